The number of nitrogens with one attached hydrogen (secondary N) is 2. The smallest absolute Gasteiger partial charge is 0.308 e. The normalized spacial score (nSPS) is 17.9. The molecule has 0 saturated heterocycles. The van der Waals surface area contributed by atoms with Crippen LogP contribution in [0.2, 0.25) is 10.0 Å². The lowest BCUT2D eigenvalue weighted by molar-refractivity contribution is -0.160. The van der Waals surface area contributed by atoms with Crippen molar-refractivity contribution in [3.8, 4) is 0 Å². The Morgan fingerprint density at radius 3 is 2.64 bits per heavy atom. The van der Waals surface area contributed by atoms with E-state index in [1.807, 2.05) is 0 Å². The molecule has 0 fully saturated rings. The second-order valence-corrected chi connectivity index (χ2v) is 5.46. The molecular formula is C14H11Cl2F3N2O. The number of allylic oxidation sites excluding steroid dienone is 3. The number of carbonyl (C=O) groups excluding carboxylic acids is 1. The first-order chi connectivity index (χ1) is 10.3. The number of urea groups is 1. The summed E-state index contributed by atoms with van der Waals surface area (Å²) < 4.78 is 38.0. The maximum atomic E-state index is 12.7. The van der Waals surface area contributed by atoms with Crippen molar-refractivity contribution in [1.82, 2.24) is 5.32 Å². The zero-order valence-corrected chi connectivity index (χ0v) is 12.6. The Labute approximate surface area is 134 Å². The molecule has 0 heterocycles. The third-order valence-electron chi connectivity index (χ3n) is 2.92. The van der Waals surface area contributed by atoms with E-state index in [0.29, 0.717) is 5.02 Å². The van der Waals surface area contributed by atoms with Gasteiger partial charge < -0.3 is 10.6 Å². The third kappa shape index (κ3) is 4.42. The van der Waals surface area contributed by atoms with Crippen LogP contribution in [0.5, 0.6) is 0 Å². The molecule has 22 heavy (non-hydrogen) atoms. The number of benzene rings is 1. The van der Waals surface area contributed by atoms with Crippen LogP contribution < -0.4 is 10.6 Å². The summed E-state index contributed by atoms with van der Waals surface area (Å²) in [5.74, 6) is -1.61. The van der Waals surface area contributed by atoms with Crippen molar-refractivity contribution in [3.63, 3.8) is 0 Å². The number of halogens is 5. The van der Waals surface area contributed by atoms with Crippen LogP contribution >= 0.6 is 23.2 Å². The Balaban J connectivity index is 2.04. The van der Waals surface area contributed by atoms with Crippen molar-refractivity contribution >= 4 is 34.9 Å². The maximum absolute atomic E-state index is 12.7. The van der Waals surface area contributed by atoms with Crippen LogP contribution in [0.3, 0.4) is 0 Å². The molecule has 0 radical (unpaired) electrons. The molecule has 0 saturated carbocycles. The molecule has 0 aromatic heterocycles. The SMILES string of the molecule is O=C(NC1=CC(C(F)(F)F)CC=C1)Nc1cc(Cl)ccc1Cl. The molecule has 1 unspecified atom stereocenters. The van der Waals surface area contributed by atoms with E-state index < -0.39 is 18.1 Å². The van der Waals surface area contributed by atoms with E-state index in [-0.39, 0.29) is 22.8 Å². The van der Waals surface area contributed by atoms with Gasteiger partial charge in [0.15, 0.2) is 0 Å². The van der Waals surface area contributed by atoms with Gasteiger partial charge in [0.2, 0.25) is 0 Å². The lowest BCUT2D eigenvalue weighted by Crippen LogP contribution is -2.30. The molecule has 0 spiro atoms. The number of amides is 2. The van der Waals surface area contributed by atoms with Crippen molar-refractivity contribution in [1.29, 1.82) is 0 Å². The van der Waals surface area contributed by atoms with Crippen LogP contribution in [-0.4, -0.2) is 12.2 Å². The number of hydrogen-bond acceptors (Lipinski definition) is 1. The summed E-state index contributed by atoms with van der Waals surface area (Å²) in [6, 6.07) is 3.78. The average molecular weight is 351 g/mol. The first kappa shape index (κ1) is 16.7. The van der Waals surface area contributed by atoms with Crippen LogP contribution in [0.1, 0.15) is 6.42 Å². The van der Waals surface area contributed by atoms with E-state index in [9.17, 15) is 18.0 Å². The molecule has 0 bridgehead atoms. The molecule has 2 amide bonds. The predicted molar refractivity (Wildman–Crippen MR) is 80.0 cm³/mol. The van der Waals surface area contributed by atoms with E-state index in [1.54, 1.807) is 6.07 Å². The van der Waals surface area contributed by atoms with Gasteiger partial charge in [-0.25, -0.2) is 4.79 Å². The van der Waals surface area contributed by atoms with Crippen molar-refractivity contribution in [2.45, 2.75) is 12.6 Å². The molecule has 8 heteroatoms. The lowest BCUT2D eigenvalue weighted by Gasteiger charge is -2.20. The Hall–Kier alpha value is -1.66. The van der Waals surface area contributed by atoms with E-state index in [2.05, 4.69) is 10.6 Å². The lowest BCUT2D eigenvalue weighted by atomic mass is 9.99. The van der Waals surface area contributed by atoms with Gasteiger partial charge >= 0.3 is 12.2 Å². The van der Waals surface area contributed by atoms with Crippen molar-refractivity contribution in [2.24, 2.45) is 5.92 Å². The van der Waals surface area contributed by atoms with Crippen molar-refractivity contribution < 1.29 is 18.0 Å². The minimum Gasteiger partial charge on any atom is -0.308 e. The first-order valence-electron chi connectivity index (χ1n) is 6.24. The zero-order valence-electron chi connectivity index (χ0n) is 11.0. The van der Waals surface area contributed by atoms with Crippen LogP contribution in [0.15, 0.2) is 42.1 Å². The highest BCUT2D eigenvalue weighted by Gasteiger charge is 2.38. The van der Waals surface area contributed by atoms with Crippen LogP contribution in [0.4, 0.5) is 23.7 Å². The fraction of sp³-hybridized carbons (Fsp3) is 0.214. The minimum atomic E-state index is -4.34. The zero-order chi connectivity index (χ0) is 16.3. The summed E-state index contributed by atoms with van der Waals surface area (Å²) in [6.07, 6.45) is -0.735. The van der Waals surface area contributed by atoms with Gasteiger partial charge in [0, 0.05) is 10.7 Å². The summed E-state index contributed by atoms with van der Waals surface area (Å²) in [5.41, 5.74) is 0.337. The van der Waals surface area contributed by atoms with Crippen molar-refractivity contribution in [3.05, 3.63) is 52.2 Å². The summed E-state index contributed by atoms with van der Waals surface area (Å²) in [4.78, 5) is 11.8. The Morgan fingerprint density at radius 1 is 1.23 bits per heavy atom. The van der Waals surface area contributed by atoms with E-state index in [0.717, 1.165) is 6.08 Å². The average Bonchev–Trinajstić information content (AvgIpc) is 2.42. The van der Waals surface area contributed by atoms with Crippen LogP contribution in [0.25, 0.3) is 0 Å². The number of carbonyl (C=O) groups is 1. The number of hydrogen-bond donors (Lipinski definition) is 2. The number of alkyl halides is 3. The van der Waals surface area contributed by atoms with Crippen molar-refractivity contribution in [2.75, 3.05) is 5.32 Å². The van der Waals surface area contributed by atoms with E-state index >= 15 is 0 Å². The molecular weight excluding hydrogens is 340 g/mol. The van der Waals surface area contributed by atoms with Gasteiger partial charge in [-0.3, -0.25) is 0 Å². The van der Waals surface area contributed by atoms with E-state index in [4.69, 9.17) is 23.2 Å². The second-order valence-electron chi connectivity index (χ2n) is 4.61. The summed E-state index contributed by atoms with van der Waals surface area (Å²) in [6.45, 7) is 0. The van der Waals surface area contributed by atoms with Crippen LogP contribution in [-0.2, 0) is 0 Å². The second kappa shape index (κ2) is 6.62. The minimum absolute atomic E-state index is 0.0734. The third-order valence-corrected chi connectivity index (χ3v) is 3.49. The molecule has 1 aliphatic carbocycles. The monoisotopic (exact) mass is 350 g/mol. The summed E-state index contributed by atoms with van der Waals surface area (Å²) in [5, 5.41) is 5.40. The van der Waals surface area contributed by atoms with E-state index in [1.165, 1.54) is 24.3 Å². The number of rotatable bonds is 2. The van der Waals surface area contributed by atoms with Gasteiger partial charge in [0.1, 0.15) is 0 Å². The summed E-state index contributed by atoms with van der Waals surface area (Å²) in [7, 11) is 0. The number of anilines is 1. The molecule has 118 valence electrons. The van der Waals surface area contributed by atoms with Gasteiger partial charge in [-0.05, 0) is 36.8 Å². The van der Waals surface area contributed by atoms with Gasteiger partial charge in [-0.15, -0.1) is 0 Å². The quantitative estimate of drug-likeness (QED) is 0.761. The Kier molecular flexibility index (Phi) is 5.03. The highest BCUT2D eigenvalue weighted by atomic mass is 35.5. The topological polar surface area (TPSA) is 41.1 Å². The molecule has 2 rings (SSSR count). The maximum Gasteiger partial charge on any atom is 0.395 e. The Morgan fingerprint density at radius 2 is 1.95 bits per heavy atom. The fourth-order valence-corrected chi connectivity index (χ4v) is 2.21. The molecule has 2 N–H and O–H groups in total. The fourth-order valence-electron chi connectivity index (χ4n) is 1.87. The molecule has 0 aliphatic heterocycles. The van der Waals surface area contributed by atoms with Gasteiger partial charge in [0.25, 0.3) is 0 Å². The highest BCUT2D eigenvalue weighted by Crippen LogP contribution is 2.33. The molecule has 1 atom stereocenters. The van der Waals surface area contributed by atoms with Crippen LogP contribution in [0, 0.1) is 5.92 Å². The molecule has 3 nitrogen and oxygen atoms in total. The van der Waals surface area contributed by atoms with Gasteiger partial charge in [0.05, 0.1) is 16.6 Å². The molecule has 1 aromatic carbocycles. The highest BCUT2D eigenvalue weighted by molar-refractivity contribution is 6.35. The van der Waals surface area contributed by atoms with Gasteiger partial charge in [-0.1, -0.05) is 29.3 Å². The summed E-state index contributed by atoms with van der Waals surface area (Å²) >= 11 is 11.7. The predicted octanol–water partition coefficient (Wildman–Crippen LogP) is 5.14. The Bertz CT molecular complexity index is 641. The van der Waals surface area contributed by atoms with Gasteiger partial charge in [-0.2, -0.15) is 13.2 Å². The molecule has 1 aliphatic rings. The molecule has 1 aromatic rings. The standard InChI is InChI=1S/C14H11Cl2F3N2O/c15-9-4-5-11(16)12(7-9)21-13(22)20-10-3-1-2-8(6-10)14(17,18)19/h1,3-8H,2H2,(H2,20,21,22). The largest absolute Gasteiger partial charge is 0.395 e. The first-order valence-corrected chi connectivity index (χ1v) is 6.99.